The van der Waals surface area contributed by atoms with Crippen LogP contribution >= 0.6 is 0 Å². The lowest BCUT2D eigenvalue weighted by Crippen LogP contribution is -2.06. The molecule has 0 atom stereocenters. The standard InChI is InChI=1S/C11H13NO3S/c1-2-15-7-8-6-9-10(12)4-3-5-11(9)16(8,13)14/h3-6H,2,7,12H2,1H3. The van der Waals surface area contributed by atoms with Crippen LogP contribution in [-0.4, -0.2) is 21.6 Å². The van der Waals surface area contributed by atoms with Crippen LogP contribution in [0.25, 0.3) is 6.08 Å². The second-order valence-electron chi connectivity index (χ2n) is 3.51. The average molecular weight is 239 g/mol. The molecule has 0 fully saturated rings. The van der Waals surface area contributed by atoms with Crippen LogP contribution in [0.2, 0.25) is 0 Å². The van der Waals surface area contributed by atoms with E-state index in [1.807, 2.05) is 6.92 Å². The third-order valence-electron chi connectivity index (χ3n) is 2.49. The fourth-order valence-electron chi connectivity index (χ4n) is 1.65. The highest BCUT2D eigenvalue weighted by Crippen LogP contribution is 2.35. The minimum Gasteiger partial charge on any atom is -0.398 e. The van der Waals surface area contributed by atoms with Crippen LogP contribution in [-0.2, 0) is 14.6 Å². The summed E-state index contributed by atoms with van der Waals surface area (Å²) in [5.41, 5.74) is 6.79. The first-order valence-corrected chi connectivity index (χ1v) is 6.47. The molecule has 1 aliphatic heterocycles. The normalized spacial score (nSPS) is 16.9. The molecule has 2 N–H and O–H groups in total. The molecule has 0 aliphatic carbocycles. The van der Waals surface area contributed by atoms with Crippen LogP contribution in [0.15, 0.2) is 28.0 Å². The van der Waals surface area contributed by atoms with E-state index in [0.717, 1.165) is 0 Å². The summed E-state index contributed by atoms with van der Waals surface area (Å²) in [5.74, 6) is 0. The SMILES string of the molecule is CCOCC1=Cc2c(N)cccc2S1(=O)=O. The van der Waals surface area contributed by atoms with Crippen molar-refractivity contribution in [1.29, 1.82) is 0 Å². The summed E-state index contributed by atoms with van der Waals surface area (Å²) in [4.78, 5) is 0.560. The van der Waals surface area contributed by atoms with Crippen LogP contribution in [0, 0.1) is 0 Å². The second kappa shape index (κ2) is 3.92. The lowest BCUT2D eigenvalue weighted by molar-refractivity contribution is 0.175. The highest BCUT2D eigenvalue weighted by molar-refractivity contribution is 7.95. The van der Waals surface area contributed by atoms with E-state index in [-0.39, 0.29) is 16.4 Å². The van der Waals surface area contributed by atoms with Gasteiger partial charge in [-0.05, 0) is 25.1 Å². The first-order chi connectivity index (χ1) is 7.57. The molecular formula is C11H13NO3S. The molecule has 5 heteroatoms. The molecule has 1 aliphatic rings. The Morgan fingerprint density at radius 2 is 2.12 bits per heavy atom. The first-order valence-electron chi connectivity index (χ1n) is 4.99. The number of ether oxygens (including phenoxy) is 1. The number of hydrogen-bond acceptors (Lipinski definition) is 4. The van der Waals surface area contributed by atoms with Gasteiger partial charge in [-0.2, -0.15) is 0 Å². The van der Waals surface area contributed by atoms with Crippen molar-refractivity contribution in [2.24, 2.45) is 0 Å². The molecule has 0 saturated carbocycles. The van der Waals surface area contributed by atoms with Crippen LogP contribution in [0.1, 0.15) is 12.5 Å². The third-order valence-corrected chi connectivity index (χ3v) is 4.35. The van der Waals surface area contributed by atoms with E-state index in [1.165, 1.54) is 0 Å². The fraction of sp³-hybridized carbons (Fsp3) is 0.273. The minimum atomic E-state index is -3.39. The van der Waals surface area contributed by atoms with Crippen molar-refractivity contribution < 1.29 is 13.2 Å². The van der Waals surface area contributed by atoms with E-state index < -0.39 is 9.84 Å². The van der Waals surface area contributed by atoms with E-state index in [2.05, 4.69) is 0 Å². The van der Waals surface area contributed by atoms with Gasteiger partial charge in [-0.3, -0.25) is 0 Å². The number of benzene rings is 1. The zero-order chi connectivity index (χ0) is 11.8. The number of nitrogens with two attached hydrogens (primary N) is 1. The summed E-state index contributed by atoms with van der Waals surface area (Å²) in [6, 6.07) is 4.90. The molecule has 86 valence electrons. The molecule has 0 spiro atoms. The van der Waals surface area contributed by atoms with Crippen molar-refractivity contribution >= 4 is 21.6 Å². The molecule has 1 heterocycles. The molecule has 1 aromatic carbocycles. The zero-order valence-corrected chi connectivity index (χ0v) is 9.75. The Bertz CT molecular complexity index is 546. The van der Waals surface area contributed by atoms with Gasteiger partial charge < -0.3 is 10.5 Å². The number of anilines is 1. The quantitative estimate of drug-likeness (QED) is 0.810. The average Bonchev–Trinajstić information content (AvgIpc) is 2.50. The van der Waals surface area contributed by atoms with Gasteiger partial charge in [-0.15, -0.1) is 0 Å². The minimum absolute atomic E-state index is 0.104. The lowest BCUT2D eigenvalue weighted by Gasteiger charge is -2.03. The summed E-state index contributed by atoms with van der Waals surface area (Å²) in [5, 5.41) is 0. The molecular weight excluding hydrogens is 226 g/mol. The smallest absolute Gasteiger partial charge is 0.205 e. The lowest BCUT2D eigenvalue weighted by atomic mass is 10.2. The molecule has 1 aromatic rings. The van der Waals surface area contributed by atoms with Gasteiger partial charge in [0, 0.05) is 17.9 Å². The van der Waals surface area contributed by atoms with Crippen molar-refractivity contribution in [1.82, 2.24) is 0 Å². The van der Waals surface area contributed by atoms with E-state index >= 15 is 0 Å². The summed E-state index contributed by atoms with van der Waals surface area (Å²) in [6.07, 6.45) is 1.59. The molecule has 4 nitrogen and oxygen atoms in total. The molecule has 0 unspecified atom stereocenters. The Balaban J connectivity index is 2.49. The summed E-state index contributed by atoms with van der Waals surface area (Å²) in [6.45, 7) is 2.41. The Hall–Kier alpha value is -1.33. The van der Waals surface area contributed by atoms with Crippen LogP contribution < -0.4 is 5.73 Å². The zero-order valence-electron chi connectivity index (χ0n) is 8.93. The van der Waals surface area contributed by atoms with Crippen molar-refractivity contribution in [2.45, 2.75) is 11.8 Å². The molecule has 0 saturated heterocycles. The van der Waals surface area contributed by atoms with E-state index in [4.69, 9.17) is 10.5 Å². The van der Waals surface area contributed by atoms with Crippen LogP contribution in [0.5, 0.6) is 0 Å². The van der Waals surface area contributed by atoms with E-state index in [9.17, 15) is 8.42 Å². The Morgan fingerprint density at radius 1 is 1.38 bits per heavy atom. The maximum absolute atomic E-state index is 12.0. The van der Waals surface area contributed by atoms with Gasteiger partial charge >= 0.3 is 0 Å². The summed E-state index contributed by atoms with van der Waals surface area (Å²) >= 11 is 0. The molecule has 0 amide bonds. The fourth-order valence-corrected chi connectivity index (χ4v) is 3.17. The maximum atomic E-state index is 12.0. The second-order valence-corrected chi connectivity index (χ2v) is 5.48. The largest absolute Gasteiger partial charge is 0.398 e. The maximum Gasteiger partial charge on any atom is 0.205 e. The molecule has 0 aromatic heterocycles. The van der Waals surface area contributed by atoms with Crippen molar-refractivity contribution in [3.63, 3.8) is 0 Å². The van der Waals surface area contributed by atoms with Crippen molar-refractivity contribution in [3.8, 4) is 0 Å². The van der Waals surface area contributed by atoms with E-state index in [1.54, 1.807) is 24.3 Å². The Morgan fingerprint density at radius 3 is 2.75 bits per heavy atom. The number of sulfone groups is 1. The predicted molar refractivity (Wildman–Crippen MR) is 62.5 cm³/mol. The van der Waals surface area contributed by atoms with Gasteiger partial charge in [0.05, 0.1) is 16.4 Å². The van der Waals surface area contributed by atoms with Crippen LogP contribution in [0.3, 0.4) is 0 Å². The summed E-state index contributed by atoms with van der Waals surface area (Å²) in [7, 11) is -3.39. The Kier molecular flexibility index (Phi) is 2.73. The van der Waals surface area contributed by atoms with Gasteiger partial charge in [0.2, 0.25) is 9.84 Å². The van der Waals surface area contributed by atoms with Crippen molar-refractivity contribution in [2.75, 3.05) is 18.9 Å². The summed E-state index contributed by atoms with van der Waals surface area (Å²) < 4.78 is 29.2. The third kappa shape index (κ3) is 1.62. The molecule has 16 heavy (non-hydrogen) atoms. The predicted octanol–water partition coefficient (Wildman–Crippen LogP) is 1.43. The highest BCUT2D eigenvalue weighted by atomic mass is 32.2. The van der Waals surface area contributed by atoms with Gasteiger partial charge in [0.25, 0.3) is 0 Å². The number of hydrogen-bond donors (Lipinski definition) is 1. The van der Waals surface area contributed by atoms with Crippen LogP contribution in [0.4, 0.5) is 5.69 Å². The number of nitrogen functional groups attached to an aromatic ring is 1. The highest BCUT2D eigenvalue weighted by Gasteiger charge is 2.30. The topological polar surface area (TPSA) is 69.4 Å². The molecule has 0 radical (unpaired) electrons. The first kappa shape index (κ1) is 11.2. The number of rotatable bonds is 3. The van der Waals surface area contributed by atoms with Gasteiger partial charge in [-0.25, -0.2) is 8.42 Å². The van der Waals surface area contributed by atoms with Crippen molar-refractivity contribution in [3.05, 3.63) is 28.7 Å². The van der Waals surface area contributed by atoms with E-state index in [0.29, 0.717) is 17.9 Å². The van der Waals surface area contributed by atoms with Gasteiger partial charge in [-0.1, -0.05) is 6.07 Å². The van der Waals surface area contributed by atoms with Gasteiger partial charge in [0.15, 0.2) is 0 Å². The number of fused-ring (bicyclic) bond motifs is 1. The Labute approximate surface area is 94.6 Å². The monoisotopic (exact) mass is 239 g/mol. The van der Waals surface area contributed by atoms with Gasteiger partial charge in [0.1, 0.15) is 0 Å². The molecule has 2 rings (SSSR count). The molecule has 0 bridgehead atoms.